The van der Waals surface area contributed by atoms with E-state index in [0.29, 0.717) is 53.0 Å². The fourth-order valence-electron chi connectivity index (χ4n) is 4.44. The molecular weight excluding hydrogens is 580 g/mol. The van der Waals surface area contributed by atoms with Crippen LogP contribution in [0.3, 0.4) is 0 Å². The van der Waals surface area contributed by atoms with E-state index < -0.39 is 24.9 Å². The van der Waals surface area contributed by atoms with Crippen molar-refractivity contribution >= 4 is 34.6 Å². The number of ether oxygens (including phenoxy) is 2. The van der Waals surface area contributed by atoms with Gasteiger partial charge in [-0.05, 0) is 19.4 Å². The van der Waals surface area contributed by atoms with E-state index in [9.17, 15) is 26.3 Å². The van der Waals surface area contributed by atoms with Crippen LogP contribution in [0.25, 0.3) is 11.0 Å². The van der Waals surface area contributed by atoms with Crippen LogP contribution in [0.5, 0.6) is 0 Å². The molecule has 230 valence electrons. The Labute approximate surface area is 234 Å². The molecule has 2 fully saturated rings. The molecule has 0 spiro atoms. The summed E-state index contributed by atoms with van der Waals surface area (Å²) < 4.78 is 81.3. The molecule has 2 saturated heterocycles. The number of nitrogens with one attached hydrogen (secondary N) is 2. The fourth-order valence-corrected chi connectivity index (χ4v) is 4.44. The Bertz CT molecular complexity index is 1360. The number of carboxylic acid groups (broad SMARTS) is 1. The second-order valence-corrected chi connectivity index (χ2v) is 9.21. The maximum Gasteiger partial charge on any atom is 0.490 e. The monoisotopic (exact) mass is 607 g/mol. The standard InChI is InChI=1S/C21H26F3N9O2.C2HF3O2/c1-2-34-10-15-17-18(33(31-15)5-6-35-11-21(22,23)24)19(28-16-3-4-25-12-27-16)30-20(29-17)32-9-13-7-14(32)8-26-13;3-2(4,5)1(6)7/h3-4,12-14,26H,2,5-11H2,1H3,(H,25,27,28,29,30);(H,6,7)/t13-,14-;/m0./s1. The van der Waals surface area contributed by atoms with Crippen molar-refractivity contribution in [3.05, 3.63) is 24.3 Å². The van der Waals surface area contributed by atoms with Crippen LogP contribution in [0.2, 0.25) is 0 Å². The number of anilines is 3. The third-order valence-corrected chi connectivity index (χ3v) is 6.19. The topological polar surface area (TPSA) is 152 Å². The number of aromatic nitrogens is 6. The van der Waals surface area contributed by atoms with E-state index >= 15 is 0 Å². The zero-order chi connectivity index (χ0) is 30.5. The van der Waals surface area contributed by atoms with Crippen LogP contribution in [0.15, 0.2) is 18.6 Å². The molecule has 19 heteroatoms. The quantitative estimate of drug-likeness (QED) is 0.230. The van der Waals surface area contributed by atoms with Crippen molar-refractivity contribution in [3.63, 3.8) is 0 Å². The molecular formula is C23H27F6N9O4. The summed E-state index contributed by atoms with van der Waals surface area (Å²) in [7, 11) is 0. The van der Waals surface area contributed by atoms with E-state index in [2.05, 4.69) is 30.6 Å². The molecule has 3 aromatic rings. The van der Waals surface area contributed by atoms with Gasteiger partial charge in [0.2, 0.25) is 5.95 Å². The first-order valence-corrected chi connectivity index (χ1v) is 12.7. The molecule has 0 saturated carbocycles. The van der Waals surface area contributed by atoms with Gasteiger partial charge in [0.05, 0.1) is 19.8 Å². The van der Waals surface area contributed by atoms with Crippen LogP contribution < -0.4 is 15.5 Å². The summed E-state index contributed by atoms with van der Waals surface area (Å²) in [4.78, 5) is 28.9. The first kappa shape index (κ1) is 31.1. The largest absolute Gasteiger partial charge is 0.490 e. The Morgan fingerprint density at radius 2 is 1.98 bits per heavy atom. The lowest BCUT2D eigenvalue weighted by Gasteiger charge is -2.27. The Hall–Kier alpha value is -3.84. The summed E-state index contributed by atoms with van der Waals surface area (Å²) in [5.74, 6) is -1.23. The average Bonchev–Trinajstić information content (AvgIpc) is 3.65. The first-order valence-electron chi connectivity index (χ1n) is 12.7. The van der Waals surface area contributed by atoms with Gasteiger partial charge in [0, 0.05) is 38.0 Å². The minimum atomic E-state index is -5.08. The van der Waals surface area contributed by atoms with Gasteiger partial charge in [-0.1, -0.05) is 0 Å². The van der Waals surface area contributed by atoms with Gasteiger partial charge in [-0.2, -0.15) is 36.4 Å². The molecule has 0 amide bonds. The minimum Gasteiger partial charge on any atom is -0.475 e. The molecule has 5 rings (SSSR count). The van der Waals surface area contributed by atoms with Gasteiger partial charge >= 0.3 is 18.3 Å². The molecule has 13 nitrogen and oxygen atoms in total. The van der Waals surface area contributed by atoms with Crippen LogP contribution in [0.4, 0.5) is 43.9 Å². The van der Waals surface area contributed by atoms with Crippen LogP contribution in [-0.2, 0) is 27.4 Å². The third kappa shape index (κ3) is 7.91. The molecule has 2 aliphatic rings. The van der Waals surface area contributed by atoms with Crippen LogP contribution in [-0.4, -0.2) is 98.1 Å². The van der Waals surface area contributed by atoms with Crippen molar-refractivity contribution < 1.29 is 45.7 Å². The zero-order valence-electron chi connectivity index (χ0n) is 22.1. The number of rotatable bonds is 10. The van der Waals surface area contributed by atoms with E-state index in [1.165, 1.54) is 6.33 Å². The Kier molecular flexibility index (Phi) is 9.62. The molecule has 2 bridgehead atoms. The van der Waals surface area contributed by atoms with Gasteiger partial charge in [-0.15, -0.1) is 0 Å². The predicted octanol–water partition coefficient (Wildman–Crippen LogP) is 2.66. The van der Waals surface area contributed by atoms with Crippen molar-refractivity contribution in [2.75, 3.05) is 43.1 Å². The summed E-state index contributed by atoms with van der Waals surface area (Å²) in [6.45, 7) is 2.80. The SMILES string of the molecule is CCOCc1nn(CCOCC(F)(F)F)c2c(Nc3ccncn3)nc(N3C[C@@H]4C[C@H]3CN4)nc12.O=C(O)C(F)(F)F. The van der Waals surface area contributed by atoms with E-state index in [-0.39, 0.29) is 19.8 Å². The Balaban J connectivity index is 0.000000517. The van der Waals surface area contributed by atoms with Crippen molar-refractivity contribution in [3.8, 4) is 0 Å². The number of aliphatic carboxylic acids is 1. The molecule has 5 heterocycles. The van der Waals surface area contributed by atoms with Crippen molar-refractivity contribution in [1.29, 1.82) is 0 Å². The van der Waals surface area contributed by atoms with Gasteiger partial charge < -0.3 is 30.1 Å². The molecule has 0 unspecified atom stereocenters. The molecule has 0 aliphatic carbocycles. The molecule has 42 heavy (non-hydrogen) atoms. The lowest BCUT2D eigenvalue weighted by molar-refractivity contribution is -0.192. The molecule has 2 aliphatic heterocycles. The molecule has 3 aromatic heterocycles. The lowest BCUT2D eigenvalue weighted by Crippen LogP contribution is -2.44. The fraction of sp³-hybridized carbons (Fsp3) is 0.565. The van der Waals surface area contributed by atoms with Crippen molar-refractivity contribution in [2.45, 2.75) is 50.9 Å². The first-order chi connectivity index (χ1) is 19.9. The van der Waals surface area contributed by atoms with E-state index in [4.69, 9.17) is 29.3 Å². The average molecular weight is 608 g/mol. The second-order valence-electron chi connectivity index (χ2n) is 9.21. The van der Waals surface area contributed by atoms with Crippen LogP contribution in [0.1, 0.15) is 19.0 Å². The second kappa shape index (κ2) is 13.0. The van der Waals surface area contributed by atoms with Gasteiger partial charge in [0.1, 0.15) is 35.5 Å². The zero-order valence-corrected chi connectivity index (χ0v) is 22.1. The van der Waals surface area contributed by atoms with Crippen molar-refractivity contribution in [2.24, 2.45) is 0 Å². The number of alkyl halides is 6. The summed E-state index contributed by atoms with van der Waals surface area (Å²) >= 11 is 0. The highest BCUT2D eigenvalue weighted by Gasteiger charge is 2.40. The third-order valence-electron chi connectivity index (χ3n) is 6.19. The van der Waals surface area contributed by atoms with Crippen molar-refractivity contribution in [1.82, 2.24) is 35.0 Å². The van der Waals surface area contributed by atoms with Gasteiger partial charge in [-0.25, -0.2) is 19.7 Å². The number of hydrogen-bond donors (Lipinski definition) is 3. The van der Waals surface area contributed by atoms with Crippen LogP contribution in [0, 0.1) is 0 Å². The number of halogens is 6. The smallest absolute Gasteiger partial charge is 0.475 e. The highest BCUT2D eigenvalue weighted by atomic mass is 19.4. The molecule has 0 aromatic carbocycles. The predicted molar refractivity (Wildman–Crippen MR) is 134 cm³/mol. The normalized spacial score (nSPS) is 18.3. The number of carboxylic acids is 1. The maximum absolute atomic E-state index is 12.5. The summed E-state index contributed by atoms with van der Waals surface area (Å²) in [5, 5.41) is 18.4. The molecule has 3 N–H and O–H groups in total. The lowest BCUT2D eigenvalue weighted by atomic mass is 10.2. The van der Waals surface area contributed by atoms with Gasteiger partial charge in [0.15, 0.2) is 5.82 Å². The van der Waals surface area contributed by atoms with E-state index in [0.717, 1.165) is 19.5 Å². The maximum atomic E-state index is 12.5. The summed E-state index contributed by atoms with van der Waals surface area (Å²) in [6.07, 6.45) is -5.44. The summed E-state index contributed by atoms with van der Waals surface area (Å²) in [6, 6.07) is 2.39. The van der Waals surface area contributed by atoms with E-state index in [1.54, 1.807) is 16.9 Å². The summed E-state index contributed by atoms with van der Waals surface area (Å²) in [5.41, 5.74) is 1.70. The Morgan fingerprint density at radius 1 is 1.21 bits per heavy atom. The van der Waals surface area contributed by atoms with Crippen LogP contribution >= 0.6 is 0 Å². The minimum absolute atomic E-state index is 0.0815. The number of fused-ring (bicyclic) bond motifs is 3. The number of piperazine rings is 1. The Morgan fingerprint density at radius 3 is 2.55 bits per heavy atom. The number of nitrogens with zero attached hydrogens (tertiary/aromatic N) is 7. The molecule has 2 atom stereocenters. The molecule has 0 radical (unpaired) electrons. The van der Waals surface area contributed by atoms with Gasteiger partial charge in [0.25, 0.3) is 0 Å². The highest BCUT2D eigenvalue weighted by Crippen LogP contribution is 2.33. The highest BCUT2D eigenvalue weighted by molar-refractivity contribution is 5.90. The van der Waals surface area contributed by atoms with Gasteiger partial charge in [-0.3, -0.25) is 4.68 Å². The van der Waals surface area contributed by atoms with E-state index in [1.807, 2.05) is 6.92 Å². The number of hydrogen-bond acceptors (Lipinski definition) is 11. The number of carbonyl (C=O) groups is 1.